The number of hydrogen-bond acceptors (Lipinski definition) is 4. The highest BCUT2D eigenvalue weighted by molar-refractivity contribution is 5.79. The number of para-hydroxylation sites is 1. The number of aromatic nitrogens is 2. The first-order valence-corrected chi connectivity index (χ1v) is 10.4. The van der Waals surface area contributed by atoms with Crippen LogP contribution in [-0.4, -0.2) is 54.4 Å². The monoisotopic (exact) mass is 398 g/mol. The molecule has 0 aliphatic heterocycles. The van der Waals surface area contributed by atoms with Crippen LogP contribution in [0.1, 0.15) is 36.9 Å². The molecule has 1 aromatic heterocycles. The van der Waals surface area contributed by atoms with Crippen LogP contribution in [0.25, 0.3) is 0 Å². The van der Waals surface area contributed by atoms with E-state index in [1.165, 1.54) is 18.4 Å². The molecular formula is C22H34N6O. The van der Waals surface area contributed by atoms with E-state index in [-0.39, 0.29) is 6.04 Å². The van der Waals surface area contributed by atoms with E-state index >= 15 is 0 Å². The minimum absolute atomic E-state index is 0.210. The predicted octanol–water partition coefficient (Wildman–Crippen LogP) is 2.57. The van der Waals surface area contributed by atoms with Gasteiger partial charge in [0.2, 0.25) is 0 Å². The van der Waals surface area contributed by atoms with E-state index in [0.29, 0.717) is 6.54 Å². The molecule has 7 nitrogen and oxygen atoms in total. The summed E-state index contributed by atoms with van der Waals surface area (Å²) in [5, 5.41) is 11.1. The molecule has 0 radical (unpaired) electrons. The fourth-order valence-corrected chi connectivity index (χ4v) is 3.18. The van der Waals surface area contributed by atoms with Gasteiger partial charge in [-0.2, -0.15) is 5.10 Å². The van der Waals surface area contributed by atoms with Gasteiger partial charge in [0, 0.05) is 37.5 Å². The zero-order valence-corrected chi connectivity index (χ0v) is 18.1. The van der Waals surface area contributed by atoms with Crippen LogP contribution in [0, 0.1) is 5.92 Å². The van der Waals surface area contributed by atoms with E-state index in [0.717, 1.165) is 42.9 Å². The van der Waals surface area contributed by atoms with Crippen LogP contribution < -0.4 is 15.4 Å². The number of likely N-dealkylation sites (N-methyl/N-ethyl adjacent to an activating group) is 1. The minimum atomic E-state index is 0.210. The first kappa shape index (κ1) is 21.2. The molecule has 1 unspecified atom stereocenters. The number of aryl methyl sites for hydroxylation is 1. The molecule has 0 spiro atoms. The molecule has 1 saturated carbocycles. The van der Waals surface area contributed by atoms with Crippen molar-refractivity contribution in [2.75, 3.05) is 33.8 Å². The van der Waals surface area contributed by atoms with Crippen molar-refractivity contribution in [2.45, 2.75) is 32.4 Å². The molecule has 3 rings (SSSR count). The summed E-state index contributed by atoms with van der Waals surface area (Å²) in [6.45, 7) is 5.02. The Kier molecular flexibility index (Phi) is 7.52. The maximum absolute atomic E-state index is 6.02. The third-order valence-electron chi connectivity index (χ3n) is 5.09. The van der Waals surface area contributed by atoms with Gasteiger partial charge in [-0.05, 0) is 45.8 Å². The maximum atomic E-state index is 6.02. The first-order valence-electron chi connectivity index (χ1n) is 10.4. The van der Waals surface area contributed by atoms with E-state index in [2.05, 4.69) is 53.9 Å². The number of guanidine groups is 1. The fourth-order valence-electron chi connectivity index (χ4n) is 3.18. The lowest BCUT2D eigenvalue weighted by molar-refractivity contribution is 0.296. The standard InChI is InChI=1S/C22H34N6O/c1-5-23-22(25-14-20(27(2)3)19-13-26-28(4)15-19)24-12-18-8-6-7-9-21(18)29-16-17-10-11-17/h6-9,13,15,17,20H,5,10-12,14,16H2,1-4H3,(H2,23,24,25). The fraction of sp³-hybridized carbons (Fsp3) is 0.545. The van der Waals surface area contributed by atoms with Crippen molar-refractivity contribution in [2.24, 2.45) is 18.0 Å². The van der Waals surface area contributed by atoms with Crippen molar-refractivity contribution < 1.29 is 4.74 Å². The molecule has 1 aliphatic carbocycles. The molecule has 0 amide bonds. The molecule has 1 aliphatic rings. The third kappa shape index (κ3) is 6.49. The Bertz CT molecular complexity index is 796. The average Bonchev–Trinajstić information content (AvgIpc) is 3.44. The number of benzene rings is 1. The van der Waals surface area contributed by atoms with Gasteiger partial charge < -0.3 is 20.3 Å². The largest absolute Gasteiger partial charge is 0.493 e. The number of aliphatic imine (C=N–C) groups is 1. The predicted molar refractivity (Wildman–Crippen MR) is 117 cm³/mol. The summed E-state index contributed by atoms with van der Waals surface area (Å²) >= 11 is 0. The molecule has 0 bridgehead atoms. The molecule has 7 heteroatoms. The van der Waals surface area contributed by atoms with Gasteiger partial charge in [0.15, 0.2) is 5.96 Å². The molecule has 2 aromatic rings. The molecule has 0 saturated heterocycles. The molecule has 1 atom stereocenters. The van der Waals surface area contributed by atoms with Crippen molar-refractivity contribution in [3.8, 4) is 5.75 Å². The number of nitrogens with zero attached hydrogens (tertiary/aromatic N) is 4. The quantitative estimate of drug-likeness (QED) is 0.476. The van der Waals surface area contributed by atoms with Crippen LogP contribution in [-0.2, 0) is 13.6 Å². The van der Waals surface area contributed by atoms with Crippen LogP contribution >= 0.6 is 0 Å². The summed E-state index contributed by atoms with van der Waals surface area (Å²) < 4.78 is 7.85. The van der Waals surface area contributed by atoms with Crippen molar-refractivity contribution in [3.05, 3.63) is 47.8 Å². The Balaban J connectivity index is 1.63. The highest BCUT2D eigenvalue weighted by atomic mass is 16.5. The maximum Gasteiger partial charge on any atom is 0.191 e. The number of ether oxygens (including phenoxy) is 1. The topological polar surface area (TPSA) is 66.7 Å². The first-order chi connectivity index (χ1) is 14.1. The van der Waals surface area contributed by atoms with Crippen molar-refractivity contribution >= 4 is 5.96 Å². The molecule has 1 heterocycles. The van der Waals surface area contributed by atoms with E-state index in [9.17, 15) is 0 Å². The Morgan fingerprint density at radius 3 is 2.76 bits per heavy atom. The lowest BCUT2D eigenvalue weighted by Crippen LogP contribution is -2.41. The second-order valence-corrected chi connectivity index (χ2v) is 7.86. The van der Waals surface area contributed by atoms with Gasteiger partial charge in [-0.25, -0.2) is 4.99 Å². The Morgan fingerprint density at radius 2 is 2.10 bits per heavy atom. The molecule has 1 aromatic carbocycles. The van der Waals surface area contributed by atoms with Crippen molar-refractivity contribution in [3.63, 3.8) is 0 Å². The lowest BCUT2D eigenvalue weighted by atomic mass is 10.1. The van der Waals surface area contributed by atoms with E-state index in [1.807, 2.05) is 36.1 Å². The summed E-state index contributed by atoms with van der Waals surface area (Å²) in [7, 11) is 6.10. The van der Waals surface area contributed by atoms with Crippen LogP contribution in [0.5, 0.6) is 5.75 Å². The van der Waals surface area contributed by atoms with Gasteiger partial charge in [0.1, 0.15) is 5.75 Å². The number of hydrogen-bond donors (Lipinski definition) is 2. The molecule has 29 heavy (non-hydrogen) atoms. The van der Waals surface area contributed by atoms with Crippen LogP contribution in [0.15, 0.2) is 41.7 Å². The van der Waals surface area contributed by atoms with E-state index in [4.69, 9.17) is 9.73 Å². The molecule has 2 N–H and O–H groups in total. The Hall–Kier alpha value is -2.54. The van der Waals surface area contributed by atoms with E-state index in [1.54, 1.807) is 0 Å². The van der Waals surface area contributed by atoms with Crippen LogP contribution in [0.3, 0.4) is 0 Å². The van der Waals surface area contributed by atoms with Gasteiger partial charge in [0.25, 0.3) is 0 Å². The smallest absolute Gasteiger partial charge is 0.191 e. The minimum Gasteiger partial charge on any atom is -0.493 e. The van der Waals surface area contributed by atoms with Gasteiger partial charge in [-0.15, -0.1) is 0 Å². The van der Waals surface area contributed by atoms with Crippen LogP contribution in [0.4, 0.5) is 0 Å². The zero-order chi connectivity index (χ0) is 20.6. The van der Waals surface area contributed by atoms with Gasteiger partial charge in [0.05, 0.1) is 25.4 Å². The van der Waals surface area contributed by atoms with Crippen LogP contribution in [0.2, 0.25) is 0 Å². The third-order valence-corrected chi connectivity index (χ3v) is 5.09. The molecular weight excluding hydrogens is 364 g/mol. The summed E-state index contributed by atoms with van der Waals surface area (Å²) in [4.78, 5) is 6.98. The average molecular weight is 399 g/mol. The van der Waals surface area contributed by atoms with Crippen molar-refractivity contribution in [1.82, 2.24) is 25.3 Å². The highest BCUT2D eigenvalue weighted by Gasteiger charge is 2.22. The van der Waals surface area contributed by atoms with Gasteiger partial charge >= 0.3 is 0 Å². The number of nitrogens with one attached hydrogen (secondary N) is 2. The lowest BCUT2D eigenvalue weighted by Gasteiger charge is -2.24. The van der Waals surface area contributed by atoms with Gasteiger partial charge in [-0.3, -0.25) is 4.68 Å². The summed E-state index contributed by atoms with van der Waals surface area (Å²) in [5.41, 5.74) is 2.29. The zero-order valence-electron chi connectivity index (χ0n) is 18.1. The van der Waals surface area contributed by atoms with Crippen molar-refractivity contribution in [1.29, 1.82) is 0 Å². The molecule has 158 valence electrons. The Labute approximate surface area is 174 Å². The summed E-state index contributed by atoms with van der Waals surface area (Å²) in [6, 6.07) is 8.40. The van der Waals surface area contributed by atoms with Gasteiger partial charge in [-0.1, -0.05) is 18.2 Å². The summed E-state index contributed by atoms with van der Waals surface area (Å²) in [5.74, 6) is 2.49. The Morgan fingerprint density at radius 1 is 1.31 bits per heavy atom. The summed E-state index contributed by atoms with van der Waals surface area (Å²) in [6.07, 6.45) is 6.56. The normalized spacial score (nSPS) is 15.4. The highest BCUT2D eigenvalue weighted by Crippen LogP contribution is 2.30. The SMILES string of the molecule is CCNC(=NCc1ccccc1OCC1CC1)NCC(c1cnn(C)c1)N(C)C. The second-order valence-electron chi connectivity index (χ2n) is 7.86. The molecule has 1 fully saturated rings. The second kappa shape index (κ2) is 10.3. The van der Waals surface area contributed by atoms with E-state index < -0.39 is 0 Å². The number of rotatable bonds is 10.